The van der Waals surface area contributed by atoms with Crippen molar-refractivity contribution in [3.63, 3.8) is 0 Å². The lowest BCUT2D eigenvalue weighted by molar-refractivity contribution is -0.137. The Bertz CT molecular complexity index is 413. The van der Waals surface area contributed by atoms with Gasteiger partial charge < -0.3 is 5.73 Å². The average molecular weight is 239 g/mol. The molecule has 0 atom stereocenters. The minimum absolute atomic E-state index is 0.289. The number of nitrogens with two attached hydrogens (primary N) is 1. The van der Waals surface area contributed by atoms with E-state index in [2.05, 4.69) is 0 Å². The van der Waals surface area contributed by atoms with Crippen molar-refractivity contribution in [1.29, 1.82) is 0 Å². The summed E-state index contributed by atoms with van der Waals surface area (Å²) < 4.78 is 61.4. The fraction of sp³-hybridized carbons (Fsp3) is 0.222. The molecule has 0 aliphatic rings. The van der Waals surface area contributed by atoms with Crippen LogP contribution in [0.1, 0.15) is 27.9 Å². The topological polar surface area (TPSA) is 43.1 Å². The number of alkyl halides is 5. The van der Waals surface area contributed by atoms with Gasteiger partial charge in [0.15, 0.2) is 0 Å². The molecule has 0 aliphatic carbocycles. The number of carbonyl (C=O) groups excluding carboxylic acids is 1. The van der Waals surface area contributed by atoms with Crippen molar-refractivity contribution in [2.45, 2.75) is 12.6 Å². The summed E-state index contributed by atoms with van der Waals surface area (Å²) in [6, 6.07) is 1.37. The second kappa shape index (κ2) is 4.07. The Morgan fingerprint density at radius 3 is 2.12 bits per heavy atom. The first-order valence-corrected chi connectivity index (χ1v) is 4.02. The Kier molecular flexibility index (Phi) is 3.16. The monoisotopic (exact) mass is 239 g/mol. The summed E-state index contributed by atoms with van der Waals surface area (Å²) >= 11 is 0. The van der Waals surface area contributed by atoms with Crippen LogP contribution < -0.4 is 5.73 Å². The van der Waals surface area contributed by atoms with Gasteiger partial charge in [-0.2, -0.15) is 13.2 Å². The Hall–Kier alpha value is -1.66. The molecule has 0 aromatic heterocycles. The van der Waals surface area contributed by atoms with E-state index >= 15 is 0 Å². The van der Waals surface area contributed by atoms with Gasteiger partial charge >= 0.3 is 6.18 Å². The van der Waals surface area contributed by atoms with Crippen LogP contribution in [0.4, 0.5) is 22.0 Å². The molecule has 1 amide bonds. The molecule has 1 rings (SSSR count). The van der Waals surface area contributed by atoms with Gasteiger partial charge in [0.25, 0.3) is 6.43 Å². The van der Waals surface area contributed by atoms with Crippen LogP contribution in [0.5, 0.6) is 0 Å². The van der Waals surface area contributed by atoms with Gasteiger partial charge in [0.2, 0.25) is 5.91 Å². The van der Waals surface area contributed by atoms with E-state index < -0.39 is 35.2 Å². The molecule has 16 heavy (non-hydrogen) atoms. The van der Waals surface area contributed by atoms with E-state index in [0.717, 1.165) is 0 Å². The summed E-state index contributed by atoms with van der Waals surface area (Å²) in [7, 11) is 0. The lowest BCUT2D eigenvalue weighted by atomic mass is 10.1. The zero-order chi connectivity index (χ0) is 12.5. The molecular formula is C9H6F5NO. The van der Waals surface area contributed by atoms with Crippen LogP contribution in [0.15, 0.2) is 18.2 Å². The van der Waals surface area contributed by atoms with Crippen molar-refractivity contribution in [1.82, 2.24) is 0 Å². The molecule has 0 unspecified atom stereocenters. The summed E-state index contributed by atoms with van der Waals surface area (Å²) in [5.41, 5.74) is 1.95. The first-order valence-electron chi connectivity index (χ1n) is 4.02. The third-order valence-electron chi connectivity index (χ3n) is 1.82. The SMILES string of the molecule is NC(=O)c1cc(C(F)F)cc(C(F)(F)F)c1. The Balaban J connectivity index is 3.36. The number of hydrogen-bond acceptors (Lipinski definition) is 1. The van der Waals surface area contributed by atoms with Gasteiger partial charge in [-0.3, -0.25) is 4.79 Å². The largest absolute Gasteiger partial charge is 0.416 e. The summed E-state index contributed by atoms with van der Waals surface area (Å²) in [5.74, 6) is -1.19. The molecule has 0 radical (unpaired) electrons. The first-order chi connectivity index (χ1) is 7.21. The maximum atomic E-state index is 12.3. The number of hydrogen-bond donors (Lipinski definition) is 1. The van der Waals surface area contributed by atoms with Crippen LogP contribution in [0.25, 0.3) is 0 Å². The van der Waals surface area contributed by atoms with Crippen molar-refractivity contribution in [3.05, 3.63) is 34.9 Å². The van der Waals surface area contributed by atoms with Crippen LogP contribution in [-0.4, -0.2) is 5.91 Å². The minimum atomic E-state index is -4.80. The van der Waals surface area contributed by atoms with Crippen LogP contribution >= 0.6 is 0 Å². The smallest absolute Gasteiger partial charge is 0.366 e. The molecule has 0 spiro atoms. The highest BCUT2D eigenvalue weighted by atomic mass is 19.4. The van der Waals surface area contributed by atoms with Crippen LogP contribution in [0.2, 0.25) is 0 Å². The minimum Gasteiger partial charge on any atom is -0.366 e. The Morgan fingerprint density at radius 1 is 1.19 bits per heavy atom. The van der Waals surface area contributed by atoms with Gasteiger partial charge in [-0.25, -0.2) is 8.78 Å². The fourth-order valence-electron chi connectivity index (χ4n) is 1.08. The zero-order valence-corrected chi connectivity index (χ0v) is 7.68. The lowest BCUT2D eigenvalue weighted by Crippen LogP contribution is -2.14. The second-order valence-electron chi connectivity index (χ2n) is 3.01. The Morgan fingerprint density at radius 2 is 1.75 bits per heavy atom. The molecule has 0 heterocycles. The van der Waals surface area contributed by atoms with E-state index in [1.54, 1.807) is 0 Å². The first kappa shape index (κ1) is 12.4. The van der Waals surface area contributed by atoms with Gasteiger partial charge in [0.05, 0.1) is 5.56 Å². The third-order valence-corrected chi connectivity index (χ3v) is 1.82. The highest BCUT2D eigenvalue weighted by molar-refractivity contribution is 5.93. The summed E-state index contributed by atoms with van der Waals surface area (Å²) in [6.45, 7) is 0. The maximum Gasteiger partial charge on any atom is 0.416 e. The van der Waals surface area contributed by atoms with Gasteiger partial charge in [0.1, 0.15) is 0 Å². The molecule has 0 fully saturated rings. The van der Waals surface area contributed by atoms with Crippen LogP contribution in [-0.2, 0) is 6.18 Å². The molecule has 88 valence electrons. The van der Waals surface area contributed by atoms with Crippen molar-refractivity contribution in [2.75, 3.05) is 0 Å². The summed E-state index contributed by atoms with van der Waals surface area (Å²) in [6.07, 6.45) is -7.89. The van der Waals surface area contributed by atoms with E-state index in [-0.39, 0.29) is 6.07 Å². The predicted molar refractivity (Wildman–Crippen MR) is 44.9 cm³/mol. The number of carbonyl (C=O) groups is 1. The standard InChI is InChI=1S/C9H6F5NO/c10-7(11)4-1-5(8(15)16)3-6(2-4)9(12,13)14/h1-3,7H,(H2,15,16). The highest BCUT2D eigenvalue weighted by Crippen LogP contribution is 2.32. The number of primary amides is 1. The predicted octanol–water partition coefficient (Wildman–Crippen LogP) is 2.74. The quantitative estimate of drug-likeness (QED) is 0.792. The molecule has 0 bridgehead atoms. The molecule has 0 aliphatic heterocycles. The van der Waals surface area contributed by atoms with Crippen molar-refractivity contribution in [3.8, 4) is 0 Å². The molecule has 2 N–H and O–H groups in total. The average Bonchev–Trinajstić information content (AvgIpc) is 2.15. The molecule has 2 nitrogen and oxygen atoms in total. The molecule has 1 aromatic carbocycles. The van der Waals surface area contributed by atoms with Gasteiger partial charge in [-0.1, -0.05) is 0 Å². The molecular weight excluding hydrogens is 233 g/mol. The van der Waals surface area contributed by atoms with E-state index in [9.17, 15) is 26.7 Å². The van der Waals surface area contributed by atoms with E-state index in [4.69, 9.17) is 5.73 Å². The lowest BCUT2D eigenvalue weighted by Gasteiger charge is -2.10. The second-order valence-corrected chi connectivity index (χ2v) is 3.01. The van der Waals surface area contributed by atoms with Crippen molar-refractivity contribution >= 4 is 5.91 Å². The van der Waals surface area contributed by atoms with Gasteiger partial charge in [0, 0.05) is 11.1 Å². The number of amides is 1. The van der Waals surface area contributed by atoms with Crippen LogP contribution in [0.3, 0.4) is 0 Å². The van der Waals surface area contributed by atoms with Crippen LogP contribution in [0, 0.1) is 0 Å². The van der Waals surface area contributed by atoms with E-state index in [1.807, 2.05) is 0 Å². The van der Waals surface area contributed by atoms with Gasteiger partial charge in [-0.15, -0.1) is 0 Å². The number of halogens is 5. The highest BCUT2D eigenvalue weighted by Gasteiger charge is 2.32. The maximum absolute atomic E-state index is 12.3. The van der Waals surface area contributed by atoms with E-state index in [1.165, 1.54) is 0 Å². The fourth-order valence-corrected chi connectivity index (χ4v) is 1.08. The molecule has 0 saturated carbocycles. The normalized spacial score (nSPS) is 11.9. The molecule has 7 heteroatoms. The third kappa shape index (κ3) is 2.68. The number of rotatable bonds is 2. The van der Waals surface area contributed by atoms with E-state index in [0.29, 0.717) is 12.1 Å². The zero-order valence-electron chi connectivity index (χ0n) is 7.68. The molecule has 0 saturated heterocycles. The molecule has 1 aromatic rings. The number of benzene rings is 1. The Labute approximate surface area is 86.9 Å². The summed E-state index contributed by atoms with van der Waals surface area (Å²) in [5, 5.41) is 0. The van der Waals surface area contributed by atoms with Crippen molar-refractivity contribution in [2.24, 2.45) is 5.73 Å². The van der Waals surface area contributed by atoms with Crippen molar-refractivity contribution < 1.29 is 26.7 Å². The summed E-state index contributed by atoms with van der Waals surface area (Å²) in [4.78, 5) is 10.7. The van der Waals surface area contributed by atoms with Gasteiger partial charge in [-0.05, 0) is 18.2 Å².